The van der Waals surface area contributed by atoms with Crippen molar-refractivity contribution in [2.45, 2.75) is 20.0 Å². The molecule has 0 radical (unpaired) electrons. The maximum atomic E-state index is 13.8. The van der Waals surface area contributed by atoms with E-state index >= 15 is 0 Å². The first-order valence-corrected chi connectivity index (χ1v) is 10.4. The average Bonchev–Trinajstić information content (AvgIpc) is 2.82. The van der Waals surface area contributed by atoms with Gasteiger partial charge in [-0.3, -0.25) is 4.79 Å². The lowest BCUT2D eigenvalue weighted by Crippen LogP contribution is -2.16. The van der Waals surface area contributed by atoms with Crippen LogP contribution in [0.5, 0.6) is 23.0 Å². The van der Waals surface area contributed by atoms with Crippen LogP contribution in [0.15, 0.2) is 69.9 Å². The van der Waals surface area contributed by atoms with Crippen LogP contribution in [0.4, 0.5) is 13.2 Å². The highest BCUT2D eigenvalue weighted by atomic mass is 19.4. The molecule has 0 spiro atoms. The molecule has 0 saturated carbocycles. The van der Waals surface area contributed by atoms with Gasteiger partial charge in [-0.1, -0.05) is 24.3 Å². The molecule has 35 heavy (non-hydrogen) atoms. The Morgan fingerprint density at radius 1 is 0.943 bits per heavy atom. The highest BCUT2D eigenvalue weighted by Crippen LogP contribution is 2.39. The van der Waals surface area contributed by atoms with Crippen molar-refractivity contribution in [1.29, 1.82) is 0 Å². The van der Waals surface area contributed by atoms with E-state index in [1.54, 1.807) is 44.2 Å². The molecule has 6 nitrogen and oxygen atoms in total. The third-order valence-corrected chi connectivity index (χ3v) is 5.17. The second-order valence-corrected chi connectivity index (χ2v) is 7.71. The summed E-state index contributed by atoms with van der Waals surface area (Å²) in [6.45, 7) is 3.39. The summed E-state index contributed by atoms with van der Waals surface area (Å²) in [6.07, 6.45) is -5.02. The maximum Gasteiger partial charge on any atom is 0.453 e. The van der Waals surface area contributed by atoms with Gasteiger partial charge in [0, 0.05) is 6.07 Å². The van der Waals surface area contributed by atoms with Crippen molar-refractivity contribution in [3.8, 4) is 23.0 Å². The van der Waals surface area contributed by atoms with Crippen molar-refractivity contribution in [2.24, 2.45) is 0 Å². The quantitative estimate of drug-likeness (QED) is 0.239. The molecular formula is C26H19F3O6. The standard InChI is InChI=1S/C26H19F3O6/c1-14-8-9-15(2)20(12-14)34-23-22(30)17-11-10-16(13-21(17)35-24(23)26(27,28)29)33-25(31)18-6-4-5-7-19(18)32-3/h4-13H,1-3H3. The number of benzene rings is 3. The summed E-state index contributed by atoms with van der Waals surface area (Å²) in [7, 11) is 1.38. The fraction of sp³-hybridized carbons (Fsp3) is 0.154. The molecule has 0 amide bonds. The molecule has 9 heteroatoms. The second-order valence-electron chi connectivity index (χ2n) is 7.71. The summed E-state index contributed by atoms with van der Waals surface area (Å²) in [6, 6.07) is 14.8. The molecule has 1 heterocycles. The molecule has 0 atom stereocenters. The number of carbonyl (C=O) groups is 1. The van der Waals surface area contributed by atoms with Crippen molar-refractivity contribution >= 4 is 16.9 Å². The fourth-order valence-electron chi connectivity index (χ4n) is 3.40. The molecule has 0 N–H and O–H groups in total. The molecule has 0 saturated heterocycles. The van der Waals surface area contributed by atoms with E-state index < -0.39 is 34.7 Å². The van der Waals surface area contributed by atoms with E-state index in [-0.39, 0.29) is 28.2 Å². The minimum absolute atomic E-state index is 0.101. The highest BCUT2D eigenvalue weighted by Gasteiger charge is 2.40. The van der Waals surface area contributed by atoms with E-state index in [4.69, 9.17) is 18.6 Å². The zero-order valence-electron chi connectivity index (χ0n) is 18.9. The molecular weight excluding hydrogens is 465 g/mol. The Morgan fingerprint density at radius 2 is 1.69 bits per heavy atom. The van der Waals surface area contributed by atoms with Crippen molar-refractivity contribution in [3.63, 3.8) is 0 Å². The lowest BCUT2D eigenvalue weighted by molar-refractivity contribution is -0.154. The van der Waals surface area contributed by atoms with Crippen LogP contribution in [0.1, 0.15) is 27.2 Å². The van der Waals surface area contributed by atoms with E-state index in [9.17, 15) is 22.8 Å². The van der Waals surface area contributed by atoms with Crippen LogP contribution in [0.2, 0.25) is 0 Å². The smallest absolute Gasteiger partial charge is 0.453 e. The zero-order valence-corrected chi connectivity index (χ0v) is 18.9. The Morgan fingerprint density at radius 3 is 2.40 bits per heavy atom. The summed E-state index contributed by atoms with van der Waals surface area (Å²) >= 11 is 0. The molecule has 0 unspecified atom stereocenters. The Bertz CT molecular complexity index is 1490. The largest absolute Gasteiger partial charge is 0.496 e. The molecule has 0 aliphatic carbocycles. The topological polar surface area (TPSA) is 75.0 Å². The number of esters is 1. The van der Waals surface area contributed by atoms with Gasteiger partial charge in [0.25, 0.3) is 5.76 Å². The summed E-state index contributed by atoms with van der Waals surface area (Å²) in [5.41, 5.74) is -0.0273. The molecule has 0 fully saturated rings. The molecule has 4 aromatic rings. The van der Waals surface area contributed by atoms with Gasteiger partial charge in [0.15, 0.2) is 0 Å². The normalized spacial score (nSPS) is 11.4. The summed E-state index contributed by atoms with van der Waals surface area (Å²) in [5.74, 6) is -3.12. The number of methoxy groups -OCH3 is 1. The lowest BCUT2D eigenvalue weighted by atomic mass is 10.1. The van der Waals surface area contributed by atoms with E-state index in [1.165, 1.54) is 31.4 Å². The molecule has 0 aliphatic heterocycles. The number of ether oxygens (including phenoxy) is 3. The van der Waals surface area contributed by atoms with E-state index in [0.717, 1.165) is 11.6 Å². The van der Waals surface area contributed by atoms with E-state index in [0.29, 0.717) is 5.56 Å². The monoisotopic (exact) mass is 484 g/mol. The third-order valence-electron chi connectivity index (χ3n) is 5.17. The van der Waals surface area contributed by atoms with Crippen molar-refractivity contribution in [3.05, 3.63) is 93.3 Å². The number of para-hydroxylation sites is 1. The zero-order chi connectivity index (χ0) is 25.3. The molecule has 0 bridgehead atoms. The first-order valence-electron chi connectivity index (χ1n) is 10.4. The van der Waals surface area contributed by atoms with Crippen molar-refractivity contribution < 1.29 is 36.6 Å². The van der Waals surface area contributed by atoms with Gasteiger partial charge < -0.3 is 18.6 Å². The Kier molecular flexibility index (Phi) is 6.26. The first kappa shape index (κ1) is 23.9. The molecule has 4 rings (SSSR count). The number of halogens is 3. The number of hydrogen-bond donors (Lipinski definition) is 0. The van der Waals surface area contributed by atoms with Gasteiger partial charge in [-0.15, -0.1) is 0 Å². The molecule has 180 valence electrons. The highest BCUT2D eigenvalue weighted by molar-refractivity contribution is 5.94. The lowest BCUT2D eigenvalue weighted by Gasteiger charge is -2.15. The number of alkyl halides is 3. The van der Waals surface area contributed by atoms with Gasteiger partial charge in [0.2, 0.25) is 11.2 Å². The number of carbonyl (C=O) groups excluding carboxylic acids is 1. The first-order chi connectivity index (χ1) is 16.6. The molecule has 0 aliphatic rings. The third kappa shape index (κ3) is 4.84. The Hall–Kier alpha value is -4.27. The second kappa shape index (κ2) is 9.17. The van der Waals surface area contributed by atoms with Crippen LogP contribution >= 0.6 is 0 Å². The van der Waals surface area contributed by atoms with Crippen molar-refractivity contribution in [1.82, 2.24) is 0 Å². The van der Waals surface area contributed by atoms with Crippen LogP contribution in [0, 0.1) is 13.8 Å². The maximum absolute atomic E-state index is 13.8. The average molecular weight is 484 g/mol. The number of hydrogen-bond acceptors (Lipinski definition) is 6. The number of aryl methyl sites for hydroxylation is 2. The number of fused-ring (bicyclic) bond motifs is 1. The predicted molar refractivity (Wildman–Crippen MR) is 121 cm³/mol. The Labute approximate surface area is 197 Å². The van der Waals surface area contributed by atoms with Crippen LogP contribution in [0.25, 0.3) is 11.0 Å². The van der Waals surface area contributed by atoms with Gasteiger partial charge in [0.05, 0.1) is 12.5 Å². The van der Waals surface area contributed by atoms with Crippen molar-refractivity contribution in [2.75, 3.05) is 7.11 Å². The van der Waals surface area contributed by atoms with Gasteiger partial charge in [-0.05, 0) is 55.3 Å². The van der Waals surface area contributed by atoms with Crippen LogP contribution in [-0.4, -0.2) is 13.1 Å². The molecule has 1 aromatic heterocycles. The molecule has 3 aromatic carbocycles. The fourth-order valence-corrected chi connectivity index (χ4v) is 3.40. The van der Waals surface area contributed by atoms with Gasteiger partial charge in [-0.25, -0.2) is 4.79 Å². The van der Waals surface area contributed by atoms with Gasteiger partial charge in [-0.2, -0.15) is 13.2 Å². The van der Waals surface area contributed by atoms with E-state index in [2.05, 4.69) is 0 Å². The minimum Gasteiger partial charge on any atom is -0.496 e. The van der Waals surface area contributed by atoms with Crippen LogP contribution < -0.4 is 19.6 Å². The summed E-state index contributed by atoms with van der Waals surface area (Å²) < 4.78 is 62.5. The number of rotatable bonds is 5. The summed E-state index contributed by atoms with van der Waals surface area (Å²) in [5, 5.41) is -0.171. The van der Waals surface area contributed by atoms with E-state index in [1.807, 2.05) is 0 Å². The van der Waals surface area contributed by atoms with Gasteiger partial charge in [0.1, 0.15) is 28.4 Å². The minimum atomic E-state index is -5.02. The van der Waals surface area contributed by atoms with Crippen LogP contribution in [0.3, 0.4) is 0 Å². The Balaban J connectivity index is 1.78. The summed E-state index contributed by atoms with van der Waals surface area (Å²) in [4.78, 5) is 25.6. The SMILES string of the molecule is COc1ccccc1C(=O)Oc1ccc2c(=O)c(Oc3cc(C)ccc3C)c(C(F)(F)F)oc2c1. The van der Waals surface area contributed by atoms with Gasteiger partial charge >= 0.3 is 12.1 Å². The predicted octanol–water partition coefficient (Wildman–Crippen LogP) is 6.45. The van der Waals surface area contributed by atoms with Crippen LogP contribution in [-0.2, 0) is 6.18 Å².